The second kappa shape index (κ2) is 7.42. The highest BCUT2D eigenvalue weighted by Crippen LogP contribution is 2.10. The molecule has 0 spiro atoms. The SMILES string of the molecule is O=C1CCC(C(=O)N2CCN(C(=O)Cc3ccc(F)cc3)CC2)=NN1. The van der Waals surface area contributed by atoms with Crippen LogP contribution >= 0.6 is 0 Å². The second-order valence-electron chi connectivity index (χ2n) is 6.07. The standard InChI is InChI=1S/C17H19FN4O3/c18-13-3-1-12(2-4-13)11-16(24)21-7-9-22(10-8-21)17(25)14-5-6-15(23)20-19-14/h1-4H,5-11H2,(H,20,23). The second-order valence-corrected chi connectivity index (χ2v) is 6.07. The van der Waals surface area contributed by atoms with E-state index in [4.69, 9.17) is 0 Å². The van der Waals surface area contributed by atoms with Gasteiger partial charge in [-0.2, -0.15) is 5.10 Å². The molecule has 8 heteroatoms. The van der Waals surface area contributed by atoms with Gasteiger partial charge in [-0.1, -0.05) is 12.1 Å². The maximum atomic E-state index is 12.9. The zero-order valence-electron chi connectivity index (χ0n) is 13.7. The molecule has 132 valence electrons. The minimum atomic E-state index is -0.329. The first kappa shape index (κ1) is 17.1. The van der Waals surface area contributed by atoms with E-state index in [1.54, 1.807) is 21.9 Å². The van der Waals surface area contributed by atoms with Crippen molar-refractivity contribution in [3.05, 3.63) is 35.6 Å². The largest absolute Gasteiger partial charge is 0.339 e. The van der Waals surface area contributed by atoms with E-state index >= 15 is 0 Å². The van der Waals surface area contributed by atoms with Gasteiger partial charge in [0.25, 0.3) is 5.91 Å². The van der Waals surface area contributed by atoms with E-state index < -0.39 is 0 Å². The Morgan fingerprint density at radius 2 is 1.68 bits per heavy atom. The van der Waals surface area contributed by atoms with Crippen LogP contribution in [0.15, 0.2) is 29.4 Å². The minimum Gasteiger partial charge on any atom is -0.339 e. The molecule has 7 nitrogen and oxygen atoms in total. The Morgan fingerprint density at radius 1 is 1.04 bits per heavy atom. The van der Waals surface area contributed by atoms with Crippen LogP contribution < -0.4 is 5.43 Å². The van der Waals surface area contributed by atoms with Crippen LogP contribution in [0.5, 0.6) is 0 Å². The molecule has 0 aromatic heterocycles. The lowest BCUT2D eigenvalue weighted by molar-refractivity contribution is -0.136. The van der Waals surface area contributed by atoms with Crippen LogP contribution in [0.25, 0.3) is 0 Å². The van der Waals surface area contributed by atoms with Crippen LogP contribution in [-0.2, 0) is 20.8 Å². The number of rotatable bonds is 3. The van der Waals surface area contributed by atoms with E-state index in [0.717, 1.165) is 5.56 Å². The van der Waals surface area contributed by atoms with Crippen LogP contribution in [0.1, 0.15) is 18.4 Å². The molecule has 1 fully saturated rings. The number of hydrazone groups is 1. The first-order chi connectivity index (χ1) is 12.0. The van der Waals surface area contributed by atoms with Crippen molar-refractivity contribution in [2.45, 2.75) is 19.3 Å². The van der Waals surface area contributed by atoms with Crippen molar-refractivity contribution in [1.29, 1.82) is 0 Å². The summed E-state index contributed by atoms with van der Waals surface area (Å²) in [7, 11) is 0. The molecular formula is C17H19FN4O3. The molecule has 2 heterocycles. The number of benzene rings is 1. The van der Waals surface area contributed by atoms with Gasteiger partial charge in [-0.05, 0) is 17.7 Å². The Morgan fingerprint density at radius 3 is 2.28 bits per heavy atom. The highest BCUT2D eigenvalue weighted by Gasteiger charge is 2.28. The average Bonchev–Trinajstić information content (AvgIpc) is 2.64. The summed E-state index contributed by atoms with van der Waals surface area (Å²) in [5.41, 5.74) is 3.43. The van der Waals surface area contributed by atoms with Crippen molar-refractivity contribution < 1.29 is 18.8 Å². The minimum absolute atomic E-state index is 0.0408. The molecule has 0 aliphatic carbocycles. The molecule has 25 heavy (non-hydrogen) atoms. The predicted octanol–water partition coefficient (Wildman–Crippen LogP) is 0.305. The first-order valence-electron chi connectivity index (χ1n) is 8.20. The Labute approximate surface area is 144 Å². The van der Waals surface area contributed by atoms with Gasteiger partial charge in [-0.25, -0.2) is 9.82 Å². The van der Waals surface area contributed by atoms with Gasteiger partial charge >= 0.3 is 0 Å². The quantitative estimate of drug-likeness (QED) is 0.855. The first-order valence-corrected chi connectivity index (χ1v) is 8.20. The molecule has 1 aromatic carbocycles. The van der Waals surface area contributed by atoms with Gasteiger partial charge in [0.15, 0.2) is 0 Å². The van der Waals surface area contributed by atoms with Crippen molar-refractivity contribution in [1.82, 2.24) is 15.2 Å². The summed E-state index contributed by atoms with van der Waals surface area (Å²) in [5.74, 6) is -0.746. The van der Waals surface area contributed by atoms with Crippen molar-refractivity contribution in [3.63, 3.8) is 0 Å². The number of carbonyl (C=O) groups is 3. The highest BCUT2D eigenvalue weighted by atomic mass is 19.1. The third-order valence-electron chi connectivity index (χ3n) is 4.34. The number of hydrogen-bond donors (Lipinski definition) is 1. The molecule has 0 unspecified atom stereocenters. The van der Waals surface area contributed by atoms with Crippen molar-refractivity contribution in [2.75, 3.05) is 26.2 Å². The molecule has 3 amide bonds. The predicted molar refractivity (Wildman–Crippen MR) is 88.1 cm³/mol. The van der Waals surface area contributed by atoms with Gasteiger partial charge < -0.3 is 9.80 Å². The van der Waals surface area contributed by atoms with Crippen molar-refractivity contribution in [3.8, 4) is 0 Å². The number of piperazine rings is 1. The monoisotopic (exact) mass is 346 g/mol. The summed E-state index contributed by atoms with van der Waals surface area (Å²) in [6, 6.07) is 5.87. The van der Waals surface area contributed by atoms with Gasteiger partial charge in [0.05, 0.1) is 6.42 Å². The normalized spacial score (nSPS) is 17.8. The number of hydrogen-bond acceptors (Lipinski definition) is 4. The van der Waals surface area contributed by atoms with Crippen molar-refractivity contribution >= 4 is 23.4 Å². The molecular weight excluding hydrogens is 327 g/mol. The van der Waals surface area contributed by atoms with E-state index in [9.17, 15) is 18.8 Å². The van der Waals surface area contributed by atoms with Gasteiger partial charge in [0.1, 0.15) is 11.5 Å². The summed E-state index contributed by atoms with van der Waals surface area (Å²) < 4.78 is 12.9. The Balaban J connectivity index is 1.51. The van der Waals surface area contributed by atoms with E-state index in [-0.39, 0.29) is 36.4 Å². The lowest BCUT2D eigenvalue weighted by Gasteiger charge is -2.35. The summed E-state index contributed by atoms with van der Waals surface area (Å²) in [4.78, 5) is 39.1. The van der Waals surface area contributed by atoms with Gasteiger partial charge in [0.2, 0.25) is 11.8 Å². The van der Waals surface area contributed by atoms with Crippen LogP contribution in [0.2, 0.25) is 0 Å². The van der Waals surface area contributed by atoms with E-state index in [1.807, 2.05) is 0 Å². The molecule has 0 atom stereocenters. The molecule has 0 radical (unpaired) electrons. The van der Waals surface area contributed by atoms with Crippen molar-refractivity contribution in [2.24, 2.45) is 5.10 Å². The molecule has 1 N–H and O–H groups in total. The van der Waals surface area contributed by atoms with E-state index in [1.165, 1.54) is 12.1 Å². The summed E-state index contributed by atoms with van der Waals surface area (Å²) in [6.45, 7) is 1.76. The fourth-order valence-corrected chi connectivity index (χ4v) is 2.86. The Hall–Kier alpha value is -2.77. The van der Waals surface area contributed by atoms with E-state index in [2.05, 4.69) is 10.5 Å². The lowest BCUT2D eigenvalue weighted by Crippen LogP contribution is -2.53. The Kier molecular flexibility index (Phi) is 5.06. The summed E-state index contributed by atoms with van der Waals surface area (Å²) in [6.07, 6.45) is 0.821. The van der Waals surface area contributed by atoms with Crippen LogP contribution in [-0.4, -0.2) is 59.4 Å². The van der Waals surface area contributed by atoms with Gasteiger partial charge in [0, 0.05) is 39.0 Å². The third kappa shape index (κ3) is 4.20. The molecule has 2 aliphatic rings. The summed E-state index contributed by atoms with van der Waals surface area (Å²) in [5, 5.41) is 3.82. The van der Waals surface area contributed by atoms with Gasteiger partial charge in [-0.15, -0.1) is 0 Å². The molecule has 1 aromatic rings. The molecule has 3 rings (SSSR count). The molecule has 0 bridgehead atoms. The number of amides is 3. The zero-order valence-corrected chi connectivity index (χ0v) is 13.7. The summed E-state index contributed by atoms with van der Waals surface area (Å²) >= 11 is 0. The Bertz CT molecular complexity index is 709. The third-order valence-corrected chi connectivity index (χ3v) is 4.34. The fourth-order valence-electron chi connectivity index (χ4n) is 2.86. The zero-order chi connectivity index (χ0) is 17.8. The molecule has 1 saturated heterocycles. The maximum Gasteiger partial charge on any atom is 0.270 e. The average molecular weight is 346 g/mol. The van der Waals surface area contributed by atoms with Gasteiger partial charge in [-0.3, -0.25) is 14.4 Å². The van der Waals surface area contributed by atoms with Crippen LogP contribution in [0, 0.1) is 5.82 Å². The number of halogens is 1. The maximum absolute atomic E-state index is 12.9. The fraction of sp³-hybridized carbons (Fsp3) is 0.412. The number of nitrogens with zero attached hydrogens (tertiary/aromatic N) is 3. The smallest absolute Gasteiger partial charge is 0.270 e. The number of carbonyl (C=O) groups excluding carboxylic acids is 3. The number of nitrogens with one attached hydrogen (secondary N) is 1. The molecule has 0 saturated carbocycles. The lowest BCUT2D eigenvalue weighted by atomic mass is 10.1. The van der Waals surface area contributed by atoms with E-state index in [0.29, 0.717) is 38.3 Å². The highest BCUT2D eigenvalue weighted by molar-refractivity contribution is 6.39. The van der Waals surface area contributed by atoms with Crippen LogP contribution in [0.4, 0.5) is 4.39 Å². The topological polar surface area (TPSA) is 82.1 Å². The molecule has 2 aliphatic heterocycles. The van der Waals surface area contributed by atoms with Crippen LogP contribution in [0.3, 0.4) is 0 Å².